The number of benzene rings is 2. The van der Waals surface area contributed by atoms with Gasteiger partial charge in [0.25, 0.3) is 0 Å². The van der Waals surface area contributed by atoms with Crippen LogP contribution in [0.3, 0.4) is 0 Å². The molecular weight excluding hydrogens is 381 g/mol. The van der Waals surface area contributed by atoms with E-state index in [2.05, 4.69) is 36.9 Å². The van der Waals surface area contributed by atoms with Gasteiger partial charge in [0.15, 0.2) is 0 Å². The molecule has 1 saturated heterocycles. The average molecular weight is 410 g/mol. The quantitative estimate of drug-likeness (QED) is 0.839. The largest absolute Gasteiger partial charge is 0.368 e. The highest BCUT2D eigenvalue weighted by Crippen LogP contribution is 2.25. The molecule has 0 radical (unpaired) electrons. The summed E-state index contributed by atoms with van der Waals surface area (Å²) in [5, 5.41) is 0. The van der Waals surface area contributed by atoms with Crippen molar-refractivity contribution >= 4 is 36.4 Å². The third kappa shape index (κ3) is 5.16. The maximum absolute atomic E-state index is 12.9. The maximum Gasteiger partial charge on any atom is 0.231 e. The predicted molar refractivity (Wildman–Crippen MR) is 117 cm³/mol. The summed E-state index contributed by atoms with van der Waals surface area (Å²) in [5.74, 6) is -0.0947. The van der Waals surface area contributed by atoms with Gasteiger partial charge in [0.2, 0.25) is 5.91 Å². The molecule has 4 nitrogen and oxygen atoms in total. The smallest absolute Gasteiger partial charge is 0.231 e. The SMILES string of the molecule is Cc1cccc(N2CCN(C(=O)C(CN)c3ccccc3)CC2)c1C.Cl.Cl. The number of amides is 1. The number of hydrogen-bond acceptors (Lipinski definition) is 3. The summed E-state index contributed by atoms with van der Waals surface area (Å²) < 4.78 is 0. The summed E-state index contributed by atoms with van der Waals surface area (Å²) in [6.07, 6.45) is 0. The lowest BCUT2D eigenvalue weighted by molar-refractivity contribution is -0.132. The van der Waals surface area contributed by atoms with Gasteiger partial charge in [0.05, 0.1) is 5.92 Å². The molecule has 1 aliphatic heterocycles. The Morgan fingerprint density at radius 3 is 2.19 bits per heavy atom. The molecule has 1 heterocycles. The highest BCUT2D eigenvalue weighted by atomic mass is 35.5. The van der Waals surface area contributed by atoms with E-state index in [0.717, 1.165) is 31.7 Å². The Morgan fingerprint density at radius 1 is 0.963 bits per heavy atom. The zero-order chi connectivity index (χ0) is 17.8. The van der Waals surface area contributed by atoms with E-state index < -0.39 is 0 Å². The van der Waals surface area contributed by atoms with Crippen LogP contribution in [0.5, 0.6) is 0 Å². The Balaban J connectivity index is 0.00000182. The first-order valence-corrected chi connectivity index (χ1v) is 8.96. The number of carbonyl (C=O) groups excluding carboxylic acids is 1. The van der Waals surface area contributed by atoms with Crippen LogP contribution in [0.1, 0.15) is 22.6 Å². The van der Waals surface area contributed by atoms with Crippen LogP contribution in [0.15, 0.2) is 48.5 Å². The van der Waals surface area contributed by atoms with E-state index in [0.29, 0.717) is 6.54 Å². The van der Waals surface area contributed by atoms with Crippen LogP contribution in [-0.4, -0.2) is 43.5 Å². The van der Waals surface area contributed by atoms with E-state index in [1.165, 1.54) is 16.8 Å². The summed E-state index contributed by atoms with van der Waals surface area (Å²) in [4.78, 5) is 17.3. The summed E-state index contributed by atoms with van der Waals surface area (Å²) in [5.41, 5.74) is 10.8. The second kappa shape index (κ2) is 10.5. The molecule has 0 aliphatic carbocycles. The van der Waals surface area contributed by atoms with Crippen LogP contribution in [0, 0.1) is 13.8 Å². The van der Waals surface area contributed by atoms with E-state index in [1.54, 1.807) is 0 Å². The minimum absolute atomic E-state index is 0. The van der Waals surface area contributed by atoms with E-state index >= 15 is 0 Å². The molecule has 1 atom stereocenters. The van der Waals surface area contributed by atoms with Gasteiger partial charge < -0.3 is 15.5 Å². The van der Waals surface area contributed by atoms with Crippen molar-refractivity contribution in [3.8, 4) is 0 Å². The van der Waals surface area contributed by atoms with Gasteiger partial charge >= 0.3 is 0 Å². The minimum atomic E-state index is -0.242. The third-order valence-electron chi connectivity index (χ3n) is 5.24. The Bertz CT molecular complexity index is 731. The van der Waals surface area contributed by atoms with Crippen molar-refractivity contribution in [2.45, 2.75) is 19.8 Å². The fourth-order valence-corrected chi connectivity index (χ4v) is 3.53. The molecule has 0 bridgehead atoms. The molecule has 148 valence electrons. The third-order valence-corrected chi connectivity index (χ3v) is 5.24. The second-order valence-electron chi connectivity index (χ2n) is 6.73. The molecule has 1 unspecified atom stereocenters. The molecule has 0 aromatic heterocycles. The normalized spacial score (nSPS) is 14.8. The number of carbonyl (C=O) groups is 1. The lowest BCUT2D eigenvalue weighted by Crippen LogP contribution is -2.51. The molecule has 1 fully saturated rings. The fourth-order valence-electron chi connectivity index (χ4n) is 3.53. The zero-order valence-corrected chi connectivity index (χ0v) is 17.6. The first-order chi connectivity index (χ1) is 12.1. The number of rotatable bonds is 4. The van der Waals surface area contributed by atoms with Crippen LogP contribution in [0.2, 0.25) is 0 Å². The van der Waals surface area contributed by atoms with Gasteiger partial charge in [-0.1, -0.05) is 42.5 Å². The summed E-state index contributed by atoms with van der Waals surface area (Å²) in [6, 6.07) is 16.3. The highest BCUT2D eigenvalue weighted by Gasteiger charge is 2.28. The number of hydrogen-bond donors (Lipinski definition) is 1. The van der Waals surface area contributed by atoms with Crippen molar-refractivity contribution in [1.29, 1.82) is 0 Å². The molecule has 6 heteroatoms. The van der Waals surface area contributed by atoms with Gasteiger partial charge in [-0.05, 0) is 36.6 Å². The van der Waals surface area contributed by atoms with E-state index in [9.17, 15) is 4.79 Å². The Morgan fingerprint density at radius 2 is 1.59 bits per heavy atom. The van der Waals surface area contributed by atoms with Crippen molar-refractivity contribution in [2.24, 2.45) is 5.73 Å². The molecule has 0 saturated carbocycles. The molecule has 1 aliphatic rings. The van der Waals surface area contributed by atoms with Crippen molar-refractivity contribution in [3.63, 3.8) is 0 Å². The van der Waals surface area contributed by atoms with Gasteiger partial charge in [-0.15, -0.1) is 24.8 Å². The number of piperazine rings is 1. The van der Waals surface area contributed by atoms with Crippen molar-refractivity contribution in [2.75, 3.05) is 37.6 Å². The number of aryl methyl sites for hydroxylation is 1. The lowest BCUT2D eigenvalue weighted by Gasteiger charge is -2.38. The second-order valence-corrected chi connectivity index (χ2v) is 6.73. The molecule has 0 spiro atoms. The van der Waals surface area contributed by atoms with Crippen LogP contribution >= 0.6 is 24.8 Å². The van der Waals surface area contributed by atoms with Crippen molar-refractivity contribution < 1.29 is 4.79 Å². The molecule has 27 heavy (non-hydrogen) atoms. The zero-order valence-electron chi connectivity index (χ0n) is 15.9. The van der Waals surface area contributed by atoms with Gasteiger partial charge in [0.1, 0.15) is 0 Å². The van der Waals surface area contributed by atoms with Gasteiger partial charge in [-0.25, -0.2) is 0 Å². The summed E-state index contributed by atoms with van der Waals surface area (Å²) in [6.45, 7) is 7.88. The van der Waals surface area contributed by atoms with Gasteiger partial charge in [-0.2, -0.15) is 0 Å². The average Bonchev–Trinajstić information content (AvgIpc) is 2.65. The van der Waals surface area contributed by atoms with Gasteiger partial charge in [-0.3, -0.25) is 4.79 Å². The molecule has 2 aromatic carbocycles. The van der Waals surface area contributed by atoms with Crippen molar-refractivity contribution in [1.82, 2.24) is 4.90 Å². The molecule has 2 aromatic rings. The van der Waals surface area contributed by atoms with E-state index in [4.69, 9.17) is 5.73 Å². The predicted octanol–water partition coefficient (Wildman–Crippen LogP) is 3.54. The molecular formula is C21H29Cl2N3O. The maximum atomic E-state index is 12.9. The fraction of sp³-hybridized carbons (Fsp3) is 0.381. The number of halogens is 2. The summed E-state index contributed by atoms with van der Waals surface area (Å²) >= 11 is 0. The number of nitrogens with two attached hydrogens (primary N) is 1. The Hall–Kier alpha value is -1.75. The van der Waals surface area contributed by atoms with Crippen LogP contribution in [0.4, 0.5) is 5.69 Å². The van der Waals surface area contributed by atoms with Crippen LogP contribution in [-0.2, 0) is 4.79 Å². The Kier molecular flexibility index (Phi) is 9.10. The van der Waals surface area contributed by atoms with Crippen LogP contribution in [0.25, 0.3) is 0 Å². The highest BCUT2D eigenvalue weighted by molar-refractivity contribution is 5.86. The molecule has 1 amide bonds. The minimum Gasteiger partial charge on any atom is -0.368 e. The Labute approximate surface area is 174 Å². The topological polar surface area (TPSA) is 49.6 Å². The monoisotopic (exact) mass is 409 g/mol. The molecule has 3 rings (SSSR count). The lowest BCUT2D eigenvalue weighted by atomic mass is 9.97. The van der Waals surface area contributed by atoms with Crippen LogP contribution < -0.4 is 10.6 Å². The van der Waals surface area contributed by atoms with E-state index in [1.807, 2.05) is 35.2 Å². The summed E-state index contributed by atoms with van der Waals surface area (Å²) in [7, 11) is 0. The van der Waals surface area contributed by atoms with Crippen molar-refractivity contribution in [3.05, 3.63) is 65.2 Å². The van der Waals surface area contributed by atoms with E-state index in [-0.39, 0.29) is 36.6 Å². The molecule has 2 N–H and O–H groups in total. The number of nitrogens with zero attached hydrogens (tertiary/aromatic N) is 2. The standard InChI is InChI=1S/C21H27N3O.2ClH/c1-16-7-6-10-20(17(16)2)23-11-13-24(14-12-23)21(25)19(15-22)18-8-4-3-5-9-18;;/h3-10,19H,11-15,22H2,1-2H3;2*1H. The first kappa shape index (κ1) is 23.3. The number of anilines is 1. The van der Waals surface area contributed by atoms with Gasteiger partial charge in [0, 0.05) is 38.4 Å². The first-order valence-electron chi connectivity index (χ1n) is 8.96.